The Kier molecular flexibility index (Phi) is 4.19. The van der Waals surface area contributed by atoms with Crippen molar-refractivity contribution in [1.29, 1.82) is 0 Å². The van der Waals surface area contributed by atoms with Gasteiger partial charge in [0.05, 0.1) is 6.42 Å². The van der Waals surface area contributed by atoms with Gasteiger partial charge in [0, 0.05) is 18.7 Å². The number of methoxy groups -OCH3 is 1. The minimum absolute atomic E-state index is 0.106. The molecule has 0 fully saturated rings. The molecule has 1 heterocycles. The molecule has 0 bridgehead atoms. The van der Waals surface area contributed by atoms with Crippen LogP contribution in [-0.2, 0) is 14.3 Å². The van der Waals surface area contributed by atoms with E-state index in [4.69, 9.17) is 10.5 Å². The first-order chi connectivity index (χ1) is 7.13. The Morgan fingerprint density at radius 1 is 1.73 bits per heavy atom. The van der Waals surface area contributed by atoms with Gasteiger partial charge >= 0.3 is 0 Å². The Morgan fingerprint density at radius 3 is 2.93 bits per heavy atom. The van der Waals surface area contributed by atoms with Gasteiger partial charge < -0.3 is 15.8 Å². The molecular formula is C8H11N3O3S. The molecule has 1 aromatic heterocycles. The summed E-state index contributed by atoms with van der Waals surface area (Å²) in [5.41, 5.74) is 5.01. The van der Waals surface area contributed by atoms with Crippen LogP contribution < -0.4 is 11.1 Å². The minimum atomic E-state index is -0.898. The van der Waals surface area contributed by atoms with E-state index >= 15 is 0 Å². The van der Waals surface area contributed by atoms with E-state index in [1.807, 2.05) is 0 Å². The summed E-state index contributed by atoms with van der Waals surface area (Å²) in [6.45, 7) is 0. The highest BCUT2D eigenvalue weighted by molar-refractivity contribution is 7.13. The van der Waals surface area contributed by atoms with E-state index in [2.05, 4.69) is 10.3 Å². The Balaban J connectivity index is 2.45. The van der Waals surface area contributed by atoms with Crippen LogP contribution in [0.15, 0.2) is 11.6 Å². The summed E-state index contributed by atoms with van der Waals surface area (Å²) in [5.74, 6) is -1.01. The number of carbonyl (C=O) groups is 2. The summed E-state index contributed by atoms with van der Waals surface area (Å²) < 4.78 is 4.75. The van der Waals surface area contributed by atoms with Crippen LogP contribution in [0, 0.1) is 0 Å². The van der Waals surface area contributed by atoms with E-state index in [0.717, 1.165) is 0 Å². The van der Waals surface area contributed by atoms with E-state index in [0.29, 0.717) is 5.13 Å². The molecule has 0 aliphatic rings. The fraction of sp³-hybridized carbons (Fsp3) is 0.375. The fourth-order valence-electron chi connectivity index (χ4n) is 0.924. The van der Waals surface area contributed by atoms with Crippen LogP contribution in [-0.4, -0.2) is 30.0 Å². The lowest BCUT2D eigenvalue weighted by molar-refractivity contribution is -0.132. The summed E-state index contributed by atoms with van der Waals surface area (Å²) in [6, 6.07) is 0. The van der Waals surface area contributed by atoms with Crippen LogP contribution in [0.25, 0.3) is 0 Å². The maximum absolute atomic E-state index is 11.4. The van der Waals surface area contributed by atoms with E-state index in [-0.39, 0.29) is 12.3 Å². The van der Waals surface area contributed by atoms with Gasteiger partial charge in [-0.3, -0.25) is 9.59 Å². The lowest BCUT2D eigenvalue weighted by atomic mass is 10.2. The van der Waals surface area contributed by atoms with Crippen molar-refractivity contribution in [3.8, 4) is 0 Å². The van der Waals surface area contributed by atoms with Gasteiger partial charge in [0.15, 0.2) is 5.13 Å². The third-order valence-electron chi connectivity index (χ3n) is 1.65. The zero-order valence-electron chi connectivity index (χ0n) is 8.10. The second-order valence-corrected chi connectivity index (χ2v) is 3.61. The van der Waals surface area contributed by atoms with E-state index in [9.17, 15) is 9.59 Å². The number of anilines is 1. The molecule has 1 aromatic rings. The standard InChI is InChI=1S/C8H11N3O3S/c1-14-5(7(9)13)4-6(12)11-8-10-2-3-15-8/h2-3,5H,4H2,1H3,(H2,9,13)(H,10,11,12)/t5-/m1/s1. The highest BCUT2D eigenvalue weighted by Gasteiger charge is 2.18. The first-order valence-corrected chi connectivity index (χ1v) is 5.03. The normalized spacial score (nSPS) is 12.1. The highest BCUT2D eigenvalue weighted by atomic mass is 32.1. The number of hydrogen-bond donors (Lipinski definition) is 2. The highest BCUT2D eigenvalue weighted by Crippen LogP contribution is 2.11. The average molecular weight is 229 g/mol. The Bertz CT molecular complexity index is 339. The molecule has 0 aliphatic heterocycles. The van der Waals surface area contributed by atoms with Crippen LogP contribution in [0.3, 0.4) is 0 Å². The van der Waals surface area contributed by atoms with Crippen LogP contribution in [0.1, 0.15) is 6.42 Å². The van der Waals surface area contributed by atoms with Gasteiger partial charge in [-0.25, -0.2) is 4.98 Å². The maximum atomic E-state index is 11.4. The van der Waals surface area contributed by atoms with Gasteiger partial charge in [-0.05, 0) is 0 Å². The van der Waals surface area contributed by atoms with Crippen molar-refractivity contribution in [2.75, 3.05) is 12.4 Å². The maximum Gasteiger partial charge on any atom is 0.247 e. The van der Waals surface area contributed by atoms with Crippen LogP contribution in [0.4, 0.5) is 5.13 Å². The van der Waals surface area contributed by atoms with Crippen molar-refractivity contribution in [2.45, 2.75) is 12.5 Å². The molecule has 3 N–H and O–H groups in total. The average Bonchev–Trinajstić information content (AvgIpc) is 2.66. The fourth-order valence-corrected chi connectivity index (χ4v) is 1.47. The summed E-state index contributed by atoms with van der Waals surface area (Å²) in [5, 5.41) is 4.74. The monoisotopic (exact) mass is 229 g/mol. The molecule has 0 spiro atoms. The summed E-state index contributed by atoms with van der Waals surface area (Å²) >= 11 is 1.29. The molecule has 1 atom stereocenters. The Hall–Kier alpha value is -1.47. The second kappa shape index (κ2) is 5.42. The van der Waals surface area contributed by atoms with Gasteiger partial charge in [0.1, 0.15) is 6.10 Å². The number of amides is 2. The molecule has 0 aromatic carbocycles. The Labute approximate surface area is 90.4 Å². The van der Waals surface area contributed by atoms with Gasteiger partial charge in [-0.15, -0.1) is 11.3 Å². The lowest BCUT2D eigenvalue weighted by Crippen LogP contribution is -2.33. The van der Waals surface area contributed by atoms with E-state index in [1.54, 1.807) is 11.6 Å². The van der Waals surface area contributed by atoms with Crippen molar-refractivity contribution in [3.63, 3.8) is 0 Å². The molecule has 2 amide bonds. The molecular weight excluding hydrogens is 218 g/mol. The Morgan fingerprint density at radius 2 is 2.47 bits per heavy atom. The number of rotatable bonds is 5. The number of thiazole rings is 1. The number of carbonyl (C=O) groups excluding carboxylic acids is 2. The van der Waals surface area contributed by atoms with Crippen LogP contribution >= 0.6 is 11.3 Å². The minimum Gasteiger partial charge on any atom is -0.371 e. The molecule has 82 valence electrons. The third kappa shape index (κ3) is 3.64. The molecule has 1 rings (SSSR count). The molecule has 0 saturated carbocycles. The predicted octanol–water partition coefficient (Wildman–Crippen LogP) is -0.0280. The first kappa shape index (κ1) is 11.6. The quantitative estimate of drug-likeness (QED) is 0.741. The van der Waals surface area contributed by atoms with Crippen molar-refractivity contribution in [3.05, 3.63) is 11.6 Å². The van der Waals surface area contributed by atoms with Gasteiger partial charge in [0.25, 0.3) is 0 Å². The zero-order chi connectivity index (χ0) is 11.3. The van der Waals surface area contributed by atoms with Crippen molar-refractivity contribution < 1.29 is 14.3 Å². The first-order valence-electron chi connectivity index (χ1n) is 4.15. The topological polar surface area (TPSA) is 94.3 Å². The molecule has 0 unspecified atom stereocenters. The van der Waals surface area contributed by atoms with Gasteiger partial charge in [0.2, 0.25) is 11.8 Å². The van der Waals surface area contributed by atoms with E-state index < -0.39 is 12.0 Å². The largest absolute Gasteiger partial charge is 0.371 e. The number of nitrogens with one attached hydrogen (secondary N) is 1. The number of hydrogen-bond acceptors (Lipinski definition) is 5. The van der Waals surface area contributed by atoms with Crippen molar-refractivity contribution in [1.82, 2.24) is 4.98 Å². The zero-order valence-corrected chi connectivity index (χ0v) is 8.91. The molecule has 0 radical (unpaired) electrons. The number of nitrogens with zero attached hydrogens (tertiary/aromatic N) is 1. The van der Waals surface area contributed by atoms with Gasteiger partial charge in [-0.1, -0.05) is 0 Å². The molecule has 0 aliphatic carbocycles. The smallest absolute Gasteiger partial charge is 0.247 e. The molecule has 7 heteroatoms. The molecule has 15 heavy (non-hydrogen) atoms. The van der Waals surface area contributed by atoms with Crippen molar-refractivity contribution in [2.24, 2.45) is 5.73 Å². The summed E-state index contributed by atoms with van der Waals surface area (Å²) in [7, 11) is 1.33. The third-order valence-corrected chi connectivity index (χ3v) is 2.34. The van der Waals surface area contributed by atoms with E-state index in [1.165, 1.54) is 18.4 Å². The summed E-state index contributed by atoms with van der Waals surface area (Å²) in [4.78, 5) is 26.0. The van der Waals surface area contributed by atoms with Gasteiger partial charge in [-0.2, -0.15) is 0 Å². The second-order valence-electron chi connectivity index (χ2n) is 2.72. The number of aromatic nitrogens is 1. The van der Waals surface area contributed by atoms with Crippen LogP contribution in [0.2, 0.25) is 0 Å². The number of nitrogens with two attached hydrogens (primary N) is 1. The number of ether oxygens (including phenoxy) is 1. The predicted molar refractivity (Wildman–Crippen MR) is 55.4 cm³/mol. The van der Waals surface area contributed by atoms with Crippen LogP contribution in [0.5, 0.6) is 0 Å². The number of primary amides is 1. The lowest BCUT2D eigenvalue weighted by Gasteiger charge is -2.09. The molecule has 0 saturated heterocycles. The summed E-state index contributed by atoms with van der Waals surface area (Å²) in [6.07, 6.45) is 0.568. The SMILES string of the molecule is CO[C@H](CC(=O)Nc1nccs1)C(N)=O. The molecule has 6 nitrogen and oxygen atoms in total. The van der Waals surface area contributed by atoms with Crippen molar-refractivity contribution >= 4 is 28.3 Å².